The van der Waals surface area contributed by atoms with Gasteiger partial charge < -0.3 is 11.1 Å². The fourth-order valence-corrected chi connectivity index (χ4v) is 1.22. The van der Waals surface area contributed by atoms with Crippen LogP contribution in [0.2, 0.25) is 0 Å². The third-order valence-corrected chi connectivity index (χ3v) is 2.20. The van der Waals surface area contributed by atoms with Crippen molar-refractivity contribution in [1.82, 2.24) is 5.32 Å². The SMILES string of the molecule is CCCNCCC(N)CC(F)(F)CC. The minimum Gasteiger partial charge on any atom is -0.327 e. The molecule has 2 nitrogen and oxygen atoms in total. The highest BCUT2D eigenvalue weighted by molar-refractivity contribution is 4.73. The number of halogens is 2. The zero-order valence-corrected chi connectivity index (χ0v) is 9.15. The van der Waals surface area contributed by atoms with Crippen LogP contribution in [0.15, 0.2) is 0 Å². The summed E-state index contributed by atoms with van der Waals surface area (Å²) in [6.45, 7) is 5.21. The Morgan fingerprint density at radius 2 is 1.93 bits per heavy atom. The molecule has 0 fully saturated rings. The van der Waals surface area contributed by atoms with Crippen molar-refractivity contribution in [2.75, 3.05) is 13.1 Å². The Morgan fingerprint density at radius 3 is 2.43 bits per heavy atom. The fraction of sp³-hybridized carbons (Fsp3) is 1.00. The number of hydrogen-bond donors (Lipinski definition) is 2. The monoisotopic (exact) mass is 208 g/mol. The maximum Gasteiger partial charge on any atom is 0.249 e. The highest BCUT2D eigenvalue weighted by atomic mass is 19.3. The zero-order chi connectivity index (χ0) is 11.0. The van der Waals surface area contributed by atoms with Gasteiger partial charge >= 0.3 is 0 Å². The number of rotatable bonds is 8. The molecule has 0 radical (unpaired) electrons. The fourth-order valence-electron chi connectivity index (χ4n) is 1.22. The lowest BCUT2D eigenvalue weighted by Gasteiger charge is -2.19. The Kier molecular flexibility index (Phi) is 7.01. The number of nitrogens with one attached hydrogen (secondary N) is 1. The van der Waals surface area contributed by atoms with Gasteiger partial charge in [-0.3, -0.25) is 0 Å². The van der Waals surface area contributed by atoms with Crippen molar-refractivity contribution < 1.29 is 8.78 Å². The molecule has 1 unspecified atom stereocenters. The summed E-state index contributed by atoms with van der Waals surface area (Å²) in [5, 5.41) is 3.14. The van der Waals surface area contributed by atoms with Gasteiger partial charge in [-0.2, -0.15) is 0 Å². The van der Waals surface area contributed by atoms with Gasteiger partial charge in [0.25, 0.3) is 0 Å². The van der Waals surface area contributed by atoms with Crippen molar-refractivity contribution in [1.29, 1.82) is 0 Å². The first kappa shape index (κ1) is 13.8. The lowest BCUT2D eigenvalue weighted by molar-refractivity contribution is -0.0178. The average molecular weight is 208 g/mol. The van der Waals surface area contributed by atoms with Crippen LogP contribution in [0, 0.1) is 0 Å². The molecule has 0 aromatic heterocycles. The second-order valence-corrected chi connectivity index (χ2v) is 3.71. The molecule has 0 aliphatic carbocycles. The number of hydrogen-bond acceptors (Lipinski definition) is 2. The Morgan fingerprint density at radius 1 is 1.29 bits per heavy atom. The molecule has 0 aliphatic rings. The molecule has 0 rings (SSSR count). The Bertz CT molecular complexity index is 140. The molecular weight excluding hydrogens is 186 g/mol. The van der Waals surface area contributed by atoms with E-state index in [1.807, 2.05) is 0 Å². The minimum atomic E-state index is -2.59. The summed E-state index contributed by atoms with van der Waals surface area (Å²) >= 11 is 0. The molecule has 14 heavy (non-hydrogen) atoms. The molecule has 0 bridgehead atoms. The summed E-state index contributed by atoms with van der Waals surface area (Å²) in [7, 11) is 0. The van der Waals surface area contributed by atoms with E-state index in [-0.39, 0.29) is 12.8 Å². The summed E-state index contributed by atoms with van der Waals surface area (Å²) in [6.07, 6.45) is 1.36. The Hall–Kier alpha value is -0.220. The van der Waals surface area contributed by atoms with E-state index in [0.717, 1.165) is 19.5 Å². The predicted molar refractivity (Wildman–Crippen MR) is 55.6 cm³/mol. The highest BCUT2D eigenvalue weighted by Gasteiger charge is 2.28. The van der Waals surface area contributed by atoms with E-state index in [1.54, 1.807) is 0 Å². The molecular formula is C10H22F2N2. The standard InChI is InChI=1S/C10H22F2N2/c1-3-6-14-7-5-9(13)8-10(11,12)4-2/h9,14H,3-8,13H2,1-2H3. The lowest BCUT2D eigenvalue weighted by atomic mass is 10.0. The van der Waals surface area contributed by atoms with E-state index >= 15 is 0 Å². The zero-order valence-electron chi connectivity index (χ0n) is 9.15. The van der Waals surface area contributed by atoms with Gasteiger partial charge in [-0.25, -0.2) is 8.78 Å². The largest absolute Gasteiger partial charge is 0.327 e. The normalized spacial score (nSPS) is 14.4. The first-order valence-corrected chi connectivity index (χ1v) is 5.36. The third-order valence-electron chi connectivity index (χ3n) is 2.20. The van der Waals surface area contributed by atoms with Crippen LogP contribution in [0.3, 0.4) is 0 Å². The quantitative estimate of drug-likeness (QED) is 0.600. The van der Waals surface area contributed by atoms with Crippen LogP contribution in [0.1, 0.15) is 39.5 Å². The van der Waals surface area contributed by atoms with Gasteiger partial charge in [-0.05, 0) is 25.9 Å². The van der Waals surface area contributed by atoms with Crippen molar-refractivity contribution in [2.45, 2.75) is 51.5 Å². The maximum atomic E-state index is 12.9. The van der Waals surface area contributed by atoms with Gasteiger partial charge in [0.1, 0.15) is 0 Å². The van der Waals surface area contributed by atoms with E-state index in [9.17, 15) is 8.78 Å². The van der Waals surface area contributed by atoms with Crippen molar-refractivity contribution in [3.8, 4) is 0 Å². The van der Waals surface area contributed by atoms with Crippen LogP contribution >= 0.6 is 0 Å². The molecule has 0 heterocycles. The topological polar surface area (TPSA) is 38.0 Å². The second kappa shape index (κ2) is 7.12. The van der Waals surface area contributed by atoms with E-state index in [1.165, 1.54) is 6.92 Å². The first-order chi connectivity index (χ1) is 6.52. The Balaban J connectivity index is 3.49. The molecule has 0 aromatic rings. The van der Waals surface area contributed by atoms with Crippen LogP contribution < -0.4 is 11.1 Å². The number of nitrogens with two attached hydrogens (primary N) is 1. The number of alkyl halides is 2. The van der Waals surface area contributed by atoms with Crippen LogP contribution in [0.25, 0.3) is 0 Å². The maximum absolute atomic E-state index is 12.9. The molecule has 0 aromatic carbocycles. The van der Waals surface area contributed by atoms with Crippen molar-refractivity contribution in [3.05, 3.63) is 0 Å². The first-order valence-electron chi connectivity index (χ1n) is 5.36. The Labute approximate surface area is 85.2 Å². The van der Waals surface area contributed by atoms with Crippen LogP contribution in [0.4, 0.5) is 8.78 Å². The van der Waals surface area contributed by atoms with Gasteiger partial charge in [0.05, 0.1) is 0 Å². The van der Waals surface area contributed by atoms with Gasteiger partial charge in [0.2, 0.25) is 5.92 Å². The molecule has 0 saturated carbocycles. The molecule has 3 N–H and O–H groups in total. The molecule has 86 valence electrons. The molecule has 0 aliphatic heterocycles. The van der Waals surface area contributed by atoms with Crippen molar-refractivity contribution in [3.63, 3.8) is 0 Å². The van der Waals surface area contributed by atoms with E-state index in [2.05, 4.69) is 12.2 Å². The average Bonchev–Trinajstić information content (AvgIpc) is 2.12. The lowest BCUT2D eigenvalue weighted by Crippen LogP contribution is -2.33. The van der Waals surface area contributed by atoms with Gasteiger partial charge in [-0.1, -0.05) is 13.8 Å². The third kappa shape index (κ3) is 7.21. The molecule has 4 heteroatoms. The minimum absolute atomic E-state index is 0.122. The van der Waals surface area contributed by atoms with Crippen LogP contribution in [-0.4, -0.2) is 25.1 Å². The van der Waals surface area contributed by atoms with Gasteiger partial charge in [-0.15, -0.1) is 0 Å². The van der Waals surface area contributed by atoms with Crippen molar-refractivity contribution >= 4 is 0 Å². The molecule has 0 saturated heterocycles. The smallest absolute Gasteiger partial charge is 0.249 e. The van der Waals surface area contributed by atoms with E-state index in [0.29, 0.717) is 6.42 Å². The van der Waals surface area contributed by atoms with Gasteiger partial charge in [0.15, 0.2) is 0 Å². The van der Waals surface area contributed by atoms with Crippen molar-refractivity contribution in [2.24, 2.45) is 5.73 Å². The predicted octanol–water partition coefficient (Wildman–Crippen LogP) is 2.14. The second-order valence-electron chi connectivity index (χ2n) is 3.71. The van der Waals surface area contributed by atoms with E-state index < -0.39 is 12.0 Å². The molecule has 1 atom stereocenters. The molecule has 0 spiro atoms. The highest BCUT2D eigenvalue weighted by Crippen LogP contribution is 2.23. The van der Waals surface area contributed by atoms with Crippen LogP contribution in [-0.2, 0) is 0 Å². The van der Waals surface area contributed by atoms with Crippen LogP contribution in [0.5, 0.6) is 0 Å². The summed E-state index contributed by atoms with van der Waals surface area (Å²) in [6, 6.07) is -0.394. The summed E-state index contributed by atoms with van der Waals surface area (Å²) in [4.78, 5) is 0. The van der Waals surface area contributed by atoms with Gasteiger partial charge in [0, 0.05) is 18.9 Å². The summed E-state index contributed by atoms with van der Waals surface area (Å²) < 4.78 is 25.8. The molecule has 0 amide bonds. The summed E-state index contributed by atoms with van der Waals surface area (Å²) in [5.41, 5.74) is 5.60. The summed E-state index contributed by atoms with van der Waals surface area (Å²) in [5.74, 6) is -2.59. The van der Waals surface area contributed by atoms with E-state index in [4.69, 9.17) is 5.73 Å².